The predicted octanol–water partition coefficient (Wildman–Crippen LogP) is 2.28. The normalized spacial score (nSPS) is 16.9. The summed E-state index contributed by atoms with van der Waals surface area (Å²) in [7, 11) is 0. The number of nitrogens with one attached hydrogen (secondary N) is 1. The molecule has 15 heavy (non-hydrogen) atoms. The van der Waals surface area contributed by atoms with Gasteiger partial charge in [-0.3, -0.25) is 4.79 Å². The van der Waals surface area contributed by atoms with Crippen molar-refractivity contribution in [1.82, 2.24) is 0 Å². The third-order valence-electron chi connectivity index (χ3n) is 2.56. The van der Waals surface area contributed by atoms with Gasteiger partial charge in [-0.15, -0.1) is 0 Å². The summed E-state index contributed by atoms with van der Waals surface area (Å²) < 4.78 is 0. The van der Waals surface area contributed by atoms with Crippen LogP contribution in [0.4, 0.5) is 5.69 Å². The van der Waals surface area contributed by atoms with Crippen LogP contribution in [0.2, 0.25) is 5.02 Å². The van der Waals surface area contributed by atoms with Gasteiger partial charge in [0, 0.05) is 6.42 Å². The molecular weight excluding hydrogens is 214 g/mol. The Morgan fingerprint density at radius 2 is 2.20 bits per heavy atom. The monoisotopic (exact) mass is 225 g/mol. The van der Waals surface area contributed by atoms with Gasteiger partial charge in [0.1, 0.15) is 0 Å². The summed E-state index contributed by atoms with van der Waals surface area (Å²) in [6.45, 7) is 1.69. The predicted molar refractivity (Wildman–Crippen MR) is 59.0 cm³/mol. The van der Waals surface area contributed by atoms with Crippen LogP contribution in [0.3, 0.4) is 0 Å². The maximum atomic E-state index is 11.2. The number of benzene rings is 1. The number of rotatable bonds is 1. The molecule has 1 aliphatic rings. The molecule has 2 N–H and O–H groups in total. The second-order valence-corrected chi connectivity index (χ2v) is 4.17. The molecule has 0 aromatic heterocycles. The second-order valence-electron chi connectivity index (χ2n) is 3.76. The highest BCUT2D eigenvalue weighted by atomic mass is 35.5. The van der Waals surface area contributed by atoms with Crippen molar-refractivity contribution in [3.05, 3.63) is 28.3 Å². The summed E-state index contributed by atoms with van der Waals surface area (Å²) in [5.74, 6) is -0.00537. The van der Waals surface area contributed by atoms with Gasteiger partial charge in [-0.1, -0.05) is 17.7 Å². The highest BCUT2D eigenvalue weighted by Gasteiger charge is 2.19. The van der Waals surface area contributed by atoms with Crippen molar-refractivity contribution >= 4 is 23.2 Å². The number of anilines is 1. The number of aliphatic hydroxyl groups is 1. The fraction of sp³-hybridized carbons (Fsp3) is 0.364. The summed E-state index contributed by atoms with van der Waals surface area (Å²) in [6, 6.07) is 3.59. The van der Waals surface area contributed by atoms with Crippen LogP contribution >= 0.6 is 11.6 Å². The molecule has 1 atom stereocenters. The standard InChI is InChI=1S/C11H12ClNO2/c1-6(14)8-4-7-2-3-10(15)13-11(7)9(12)5-8/h4-6,14H,2-3H2,1H3,(H,13,15). The van der Waals surface area contributed by atoms with E-state index in [1.54, 1.807) is 13.0 Å². The van der Waals surface area contributed by atoms with Gasteiger partial charge in [-0.25, -0.2) is 0 Å². The zero-order valence-electron chi connectivity index (χ0n) is 8.38. The van der Waals surface area contributed by atoms with E-state index < -0.39 is 6.10 Å². The number of amides is 1. The Morgan fingerprint density at radius 1 is 1.47 bits per heavy atom. The van der Waals surface area contributed by atoms with E-state index in [1.807, 2.05) is 6.07 Å². The maximum absolute atomic E-state index is 11.2. The Morgan fingerprint density at radius 3 is 2.87 bits per heavy atom. The molecule has 0 saturated heterocycles. The summed E-state index contributed by atoms with van der Waals surface area (Å²) >= 11 is 6.03. The minimum atomic E-state index is -0.537. The lowest BCUT2D eigenvalue weighted by molar-refractivity contribution is -0.116. The summed E-state index contributed by atoms with van der Waals surface area (Å²) in [6.07, 6.45) is 0.624. The zero-order chi connectivity index (χ0) is 11.0. The van der Waals surface area contributed by atoms with Crippen molar-refractivity contribution < 1.29 is 9.90 Å². The molecule has 80 valence electrons. The van der Waals surface area contributed by atoms with Gasteiger partial charge in [-0.2, -0.15) is 0 Å². The molecule has 1 aliphatic heterocycles. The average Bonchev–Trinajstić information content (AvgIpc) is 2.18. The molecule has 1 heterocycles. The largest absolute Gasteiger partial charge is 0.389 e. The first-order chi connectivity index (χ1) is 7.08. The van der Waals surface area contributed by atoms with Crippen molar-refractivity contribution in [2.75, 3.05) is 5.32 Å². The molecule has 2 rings (SSSR count). The third-order valence-corrected chi connectivity index (χ3v) is 2.86. The summed E-state index contributed by atoms with van der Waals surface area (Å²) in [4.78, 5) is 11.2. The SMILES string of the molecule is CC(O)c1cc(Cl)c2c(c1)CCC(=O)N2. The van der Waals surface area contributed by atoms with Gasteiger partial charge in [-0.05, 0) is 30.5 Å². The molecule has 1 amide bonds. The number of carbonyl (C=O) groups excluding carboxylic acids is 1. The highest BCUT2D eigenvalue weighted by molar-refractivity contribution is 6.34. The average molecular weight is 226 g/mol. The van der Waals surface area contributed by atoms with Gasteiger partial charge in [0.05, 0.1) is 16.8 Å². The number of fused-ring (bicyclic) bond motifs is 1. The van der Waals surface area contributed by atoms with Crippen molar-refractivity contribution in [3.8, 4) is 0 Å². The molecular formula is C11H12ClNO2. The van der Waals surface area contributed by atoms with Crippen LogP contribution in [0.25, 0.3) is 0 Å². The van der Waals surface area contributed by atoms with E-state index in [2.05, 4.69) is 5.32 Å². The van der Waals surface area contributed by atoms with Crippen molar-refractivity contribution in [2.45, 2.75) is 25.9 Å². The Bertz CT molecular complexity index is 415. The molecule has 3 nitrogen and oxygen atoms in total. The van der Waals surface area contributed by atoms with E-state index in [-0.39, 0.29) is 5.91 Å². The molecule has 1 unspecified atom stereocenters. The number of aryl methyl sites for hydroxylation is 1. The molecule has 0 aliphatic carbocycles. The van der Waals surface area contributed by atoms with Gasteiger partial charge >= 0.3 is 0 Å². The fourth-order valence-corrected chi connectivity index (χ4v) is 2.01. The number of hydrogen-bond acceptors (Lipinski definition) is 2. The number of carbonyl (C=O) groups is 1. The van der Waals surface area contributed by atoms with Crippen LogP contribution in [0.5, 0.6) is 0 Å². The van der Waals surface area contributed by atoms with E-state index in [1.165, 1.54) is 0 Å². The van der Waals surface area contributed by atoms with E-state index in [0.29, 0.717) is 23.6 Å². The maximum Gasteiger partial charge on any atom is 0.224 e. The van der Waals surface area contributed by atoms with Crippen LogP contribution in [0.15, 0.2) is 12.1 Å². The Labute approximate surface area is 93.1 Å². The highest BCUT2D eigenvalue weighted by Crippen LogP contribution is 2.33. The van der Waals surface area contributed by atoms with E-state index >= 15 is 0 Å². The zero-order valence-corrected chi connectivity index (χ0v) is 9.14. The quantitative estimate of drug-likeness (QED) is 0.771. The molecule has 0 spiro atoms. The van der Waals surface area contributed by atoms with Crippen LogP contribution in [-0.2, 0) is 11.2 Å². The van der Waals surface area contributed by atoms with Crippen LogP contribution < -0.4 is 5.32 Å². The Balaban J connectivity index is 2.47. The molecule has 4 heteroatoms. The smallest absolute Gasteiger partial charge is 0.224 e. The second kappa shape index (κ2) is 3.83. The van der Waals surface area contributed by atoms with Gasteiger partial charge in [0.25, 0.3) is 0 Å². The Kier molecular flexibility index (Phi) is 2.67. The third kappa shape index (κ3) is 1.98. The fourth-order valence-electron chi connectivity index (χ4n) is 1.72. The van der Waals surface area contributed by atoms with Crippen molar-refractivity contribution in [2.24, 2.45) is 0 Å². The minimum absolute atomic E-state index is 0.00537. The van der Waals surface area contributed by atoms with Crippen LogP contribution in [0, 0.1) is 0 Å². The van der Waals surface area contributed by atoms with E-state index in [4.69, 9.17) is 11.6 Å². The molecule has 0 radical (unpaired) electrons. The van der Waals surface area contributed by atoms with Gasteiger partial charge in [0.15, 0.2) is 0 Å². The number of halogens is 1. The van der Waals surface area contributed by atoms with Gasteiger partial charge < -0.3 is 10.4 Å². The van der Waals surface area contributed by atoms with E-state index in [9.17, 15) is 9.90 Å². The molecule has 0 saturated carbocycles. The van der Waals surface area contributed by atoms with Crippen LogP contribution in [-0.4, -0.2) is 11.0 Å². The summed E-state index contributed by atoms with van der Waals surface area (Å²) in [5.41, 5.74) is 2.48. The lowest BCUT2D eigenvalue weighted by Gasteiger charge is -2.20. The number of hydrogen-bond donors (Lipinski definition) is 2. The minimum Gasteiger partial charge on any atom is -0.389 e. The van der Waals surface area contributed by atoms with Crippen LogP contribution in [0.1, 0.15) is 30.6 Å². The van der Waals surface area contributed by atoms with Crippen molar-refractivity contribution in [3.63, 3.8) is 0 Å². The molecule has 0 bridgehead atoms. The summed E-state index contributed by atoms with van der Waals surface area (Å²) in [5, 5.41) is 12.7. The Hall–Kier alpha value is -1.06. The van der Waals surface area contributed by atoms with Gasteiger partial charge in [0.2, 0.25) is 5.91 Å². The lowest BCUT2D eigenvalue weighted by atomic mass is 9.98. The molecule has 1 aromatic carbocycles. The first-order valence-corrected chi connectivity index (χ1v) is 5.26. The molecule has 0 fully saturated rings. The lowest BCUT2D eigenvalue weighted by Crippen LogP contribution is -2.19. The van der Waals surface area contributed by atoms with Crippen molar-refractivity contribution in [1.29, 1.82) is 0 Å². The topological polar surface area (TPSA) is 49.3 Å². The molecule has 1 aromatic rings. The number of aliphatic hydroxyl groups excluding tert-OH is 1. The van der Waals surface area contributed by atoms with E-state index in [0.717, 1.165) is 11.1 Å². The first-order valence-electron chi connectivity index (χ1n) is 4.88. The first kappa shape index (κ1) is 10.5.